The molecule has 1 unspecified atom stereocenters. The second kappa shape index (κ2) is 4.21. The van der Waals surface area contributed by atoms with Crippen molar-refractivity contribution in [1.29, 1.82) is 0 Å². The molecule has 0 spiro atoms. The quantitative estimate of drug-likeness (QED) is 0.842. The van der Waals surface area contributed by atoms with Crippen LogP contribution in [0.15, 0.2) is 18.2 Å². The number of benzene rings is 1. The molecule has 0 saturated heterocycles. The summed E-state index contributed by atoms with van der Waals surface area (Å²) < 4.78 is 0. The molecule has 2 rings (SSSR count). The Labute approximate surface area is 93.1 Å². The van der Waals surface area contributed by atoms with E-state index < -0.39 is 0 Å². The SMILES string of the molecule is CC(O)CCc1nc2c(Cl)cccc2[nH]1. The predicted molar refractivity (Wildman–Crippen MR) is 61.1 cm³/mol. The number of aromatic amines is 1. The van der Waals surface area contributed by atoms with Crippen LogP contribution in [0, 0.1) is 0 Å². The van der Waals surface area contributed by atoms with Crippen LogP contribution in [0.2, 0.25) is 5.02 Å². The average Bonchev–Trinajstić information content (AvgIpc) is 2.59. The Morgan fingerprint density at radius 2 is 2.33 bits per heavy atom. The van der Waals surface area contributed by atoms with Crippen molar-refractivity contribution in [3.8, 4) is 0 Å². The van der Waals surface area contributed by atoms with E-state index in [1.54, 1.807) is 6.92 Å². The van der Waals surface area contributed by atoms with Crippen LogP contribution in [-0.4, -0.2) is 21.2 Å². The average molecular weight is 225 g/mol. The number of nitrogens with zero attached hydrogens (tertiary/aromatic N) is 1. The van der Waals surface area contributed by atoms with Crippen molar-refractivity contribution in [3.05, 3.63) is 29.0 Å². The highest BCUT2D eigenvalue weighted by molar-refractivity contribution is 6.34. The minimum Gasteiger partial charge on any atom is -0.393 e. The fourth-order valence-electron chi connectivity index (χ4n) is 1.51. The molecule has 1 atom stereocenters. The van der Waals surface area contributed by atoms with Crippen molar-refractivity contribution in [2.75, 3.05) is 0 Å². The third-order valence-corrected chi connectivity index (χ3v) is 2.62. The van der Waals surface area contributed by atoms with Gasteiger partial charge in [0, 0.05) is 6.42 Å². The van der Waals surface area contributed by atoms with Gasteiger partial charge in [0.15, 0.2) is 0 Å². The van der Waals surface area contributed by atoms with Crippen molar-refractivity contribution in [2.24, 2.45) is 0 Å². The number of rotatable bonds is 3. The number of aliphatic hydroxyl groups is 1. The van der Waals surface area contributed by atoms with Gasteiger partial charge in [-0.3, -0.25) is 0 Å². The number of fused-ring (bicyclic) bond motifs is 1. The second-order valence-corrected chi connectivity index (χ2v) is 4.11. The molecule has 0 aliphatic rings. The van der Waals surface area contributed by atoms with Crippen LogP contribution in [0.4, 0.5) is 0 Å². The molecule has 2 aromatic rings. The Hall–Kier alpha value is -1.06. The van der Waals surface area contributed by atoms with E-state index in [9.17, 15) is 5.11 Å². The summed E-state index contributed by atoms with van der Waals surface area (Å²) in [5.74, 6) is 0.874. The van der Waals surface area contributed by atoms with Gasteiger partial charge in [0.25, 0.3) is 0 Å². The van der Waals surface area contributed by atoms with Gasteiger partial charge in [-0.15, -0.1) is 0 Å². The van der Waals surface area contributed by atoms with Gasteiger partial charge < -0.3 is 10.1 Å². The number of aryl methyl sites for hydroxylation is 1. The Morgan fingerprint density at radius 1 is 1.53 bits per heavy atom. The Balaban J connectivity index is 2.27. The topological polar surface area (TPSA) is 48.9 Å². The largest absolute Gasteiger partial charge is 0.393 e. The number of nitrogens with one attached hydrogen (secondary N) is 1. The normalized spacial score (nSPS) is 13.3. The summed E-state index contributed by atoms with van der Waals surface area (Å²) in [6, 6.07) is 5.66. The first-order chi connectivity index (χ1) is 7.16. The molecule has 2 N–H and O–H groups in total. The number of halogens is 1. The van der Waals surface area contributed by atoms with E-state index in [1.807, 2.05) is 18.2 Å². The van der Waals surface area contributed by atoms with Crippen molar-refractivity contribution in [2.45, 2.75) is 25.9 Å². The van der Waals surface area contributed by atoms with Crippen LogP contribution in [-0.2, 0) is 6.42 Å². The molecule has 0 aliphatic heterocycles. The molecule has 15 heavy (non-hydrogen) atoms. The summed E-state index contributed by atoms with van der Waals surface area (Å²) in [7, 11) is 0. The number of imidazole rings is 1. The number of aromatic nitrogens is 2. The minimum absolute atomic E-state index is 0.298. The summed E-state index contributed by atoms with van der Waals surface area (Å²) in [5, 5.41) is 9.83. The summed E-state index contributed by atoms with van der Waals surface area (Å²) in [5.41, 5.74) is 1.75. The number of aliphatic hydroxyl groups excluding tert-OH is 1. The molecule has 1 aromatic carbocycles. The molecule has 0 amide bonds. The van der Waals surface area contributed by atoms with Crippen molar-refractivity contribution in [1.82, 2.24) is 9.97 Å². The van der Waals surface area contributed by atoms with Crippen molar-refractivity contribution >= 4 is 22.6 Å². The molecular weight excluding hydrogens is 212 g/mol. The molecule has 1 heterocycles. The molecular formula is C11H13ClN2O. The summed E-state index contributed by atoms with van der Waals surface area (Å²) >= 11 is 6.00. The molecule has 0 bridgehead atoms. The molecule has 80 valence electrons. The highest BCUT2D eigenvalue weighted by Gasteiger charge is 2.06. The third-order valence-electron chi connectivity index (χ3n) is 2.31. The van der Waals surface area contributed by atoms with Crippen LogP contribution >= 0.6 is 11.6 Å². The summed E-state index contributed by atoms with van der Waals surface area (Å²) in [4.78, 5) is 7.57. The van der Waals surface area contributed by atoms with Gasteiger partial charge in [-0.1, -0.05) is 17.7 Å². The van der Waals surface area contributed by atoms with Crippen LogP contribution in [0.5, 0.6) is 0 Å². The monoisotopic (exact) mass is 224 g/mol. The highest BCUT2D eigenvalue weighted by atomic mass is 35.5. The zero-order valence-corrected chi connectivity index (χ0v) is 9.25. The number of hydrogen-bond donors (Lipinski definition) is 2. The summed E-state index contributed by atoms with van der Waals surface area (Å²) in [6.07, 6.45) is 1.15. The Morgan fingerprint density at radius 3 is 3.00 bits per heavy atom. The fourth-order valence-corrected chi connectivity index (χ4v) is 1.73. The van der Waals surface area contributed by atoms with E-state index in [-0.39, 0.29) is 6.10 Å². The Kier molecular flexibility index (Phi) is 2.93. The van der Waals surface area contributed by atoms with Gasteiger partial charge >= 0.3 is 0 Å². The van der Waals surface area contributed by atoms with Crippen LogP contribution in [0.3, 0.4) is 0 Å². The summed E-state index contributed by atoms with van der Waals surface area (Å²) in [6.45, 7) is 1.77. The van der Waals surface area contributed by atoms with E-state index in [4.69, 9.17) is 11.6 Å². The lowest BCUT2D eigenvalue weighted by Gasteiger charge is -1.99. The molecule has 1 aromatic heterocycles. The third kappa shape index (κ3) is 2.30. The van der Waals surface area contributed by atoms with Crippen molar-refractivity contribution < 1.29 is 5.11 Å². The number of hydrogen-bond acceptors (Lipinski definition) is 2. The Bertz CT molecular complexity index is 465. The van der Waals surface area contributed by atoms with Gasteiger partial charge in [-0.2, -0.15) is 0 Å². The minimum atomic E-state index is -0.298. The van der Waals surface area contributed by atoms with Gasteiger partial charge in [-0.25, -0.2) is 4.98 Å². The zero-order valence-electron chi connectivity index (χ0n) is 8.50. The second-order valence-electron chi connectivity index (χ2n) is 3.71. The highest BCUT2D eigenvalue weighted by Crippen LogP contribution is 2.21. The first-order valence-electron chi connectivity index (χ1n) is 4.98. The lowest BCUT2D eigenvalue weighted by atomic mass is 10.2. The maximum Gasteiger partial charge on any atom is 0.107 e. The van der Waals surface area contributed by atoms with E-state index in [0.717, 1.165) is 23.3 Å². The van der Waals surface area contributed by atoms with E-state index in [1.165, 1.54) is 0 Å². The van der Waals surface area contributed by atoms with Crippen LogP contribution < -0.4 is 0 Å². The maximum atomic E-state index is 9.18. The first-order valence-corrected chi connectivity index (χ1v) is 5.36. The van der Waals surface area contributed by atoms with Gasteiger partial charge in [0.05, 0.1) is 16.6 Å². The molecule has 0 fully saturated rings. The van der Waals surface area contributed by atoms with Crippen molar-refractivity contribution in [3.63, 3.8) is 0 Å². The van der Waals surface area contributed by atoms with Gasteiger partial charge in [0.2, 0.25) is 0 Å². The number of para-hydroxylation sites is 1. The first kappa shape index (κ1) is 10.5. The van der Waals surface area contributed by atoms with Gasteiger partial charge in [0.1, 0.15) is 11.3 Å². The van der Waals surface area contributed by atoms with Gasteiger partial charge in [-0.05, 0) is 25.5 Å². The van der Waals surface area contributed by atoms with E-state index in [2.05, 4.69) is 9.97 Å². The lowest BCUT2D eigenvalue weighted by Crippen LogP contribution is -2.02. The van der Waals surface area contributed by atoms with E-state index in [0.29, 0.717) is 11.4 Å². The fraction of sp³-hybridized carbons (Fsp3) is 0.364. The zero-order chi connectivity index (χ0) is 10.8. The van der Waals surface area contributed by atoms with E-state index >= 15 is 0 Å². The molecule has 3 nitrogen and oxygen atoms in total. The molecule has 0 aliphatic carbocycles. The lowest BCUT2D eigenvalue weighted by molar-refractivity contribution is 0.184. The number of H-pyrrole nitrogens is 1. The molecule has 4 heteroatoms. The maximum absolute atomic E-state index is 9.18. The smallest absolute Gasteiger partial charge is 0.107 e. The van der Waals surface area contributed by atoms with Crippen LogP contribution in [0.1, 0.15) is 19.2 Å². The van der Waals surface area contributed by atoms with Crippen LogP contribution in [0.25, 0.3) is 11.0 Å². The molecule has 0 radical (unpaired) electrons. The predicted octanol–water partition coefficient (Wildman–Crippen LogP) is 2.53. The standard InChI is InChI=1S/C11H13ClN2O/c1-7(15)5-6-10-13-9-4-2-3-8(12)11(9)14-10/h2-4,7,15H,5-6H2,1H3,(H,13,14). The molecule has 0 saturated carbocycles.